The first-order valence-electron chi connectivity index (χ1n) is 20.9. The highest BCUT2D eigenvalue weighted by Crippen LogP contribution is 2.83. The first-order chi connectivity index (χ1) is 29.2. The van der Waals surface area contributed by atoms with E-state index in [1.54, 1.807) is 0 Å². The quantitative estimate of drug-likeness (QED) is 0.0391. The first kappa shape index (κ1) is 44.0. The molecule has 6 aliphatic heterocycles. The predicted molar refractivity (Wildman–Crippen MR) is 194 cm³/mol. The summed E-state index contributed by atoms with van der Waals surface area (Å²) in [5, 5.41) is 91.5. The Hall–Kier alpha value is -3.20. The number of aliphatic hydroxyl groups is 9. The molecule has 0 amide bonds. The number of fused-ring (bicyclic) bond motifs is 4. The molecule has 2 saturated carbocycles. The van der Waals surface area contributed by atoms with Crippen LogP contribution in [0.15, 0.2) is 22.7 Å². The molecule has 22 nitrogen and oxygen atoms in total. The van der Waals surface area contributed by atoms with Crippen molar-refractivity contribution in [2.45, 2.75) is 168 Å². The average molecular weight is 885 g/mol. The molecular weight excluding hydrogens is 832 g/mol. The van der Waals surface area contributed by atoms with Gasteiger partial charge in [0.25, 0.3) is 0 Å². The lowest BCUT2D eigenvalue weighted by atomic mass is 9.46. The van der Waals surface area contributed by atoms with Gasteiger partial charge in [-0.25, -0.2) is 4.79 Å². The van der Waals surface area contributed by atoms with Crippen LogP contribution < -0.4 is 0 Å². The van der Waals surface area contributed by atoms with Gasteiger partial charge in [-0.1, -0.05) is 20.8 Å². The van der Waals surface area contributed by atoms with Gasteiger partial charge in [0.15, 0.2) is 29.7 Å². The Morgan fingerprint density at radius 1 is 0.726 bits per heavy atom. The van der Waals surface area contributed by atoms with Gasteiger partial charge >= 0.3 is 23.9 Å². The molecule has 344 valence electrons. The molecule has 0 aromatic carbocycles. The Morgan fingerprint density at radius 3 is 1.87 bits per heavy atom. The maximum Gasteiger partial charge on any atom is 0.339 e. The summed E-state index contributed by atoms with van der Waals surface area (Å²) in [6.45, 7) is 4.67. The summed E-state index contributed by atoms with van der Waals surface area (Å²) in [6.07, 6.45) is -20.5. The number of carbonyl (C=O) groups is 4. The fraction of sp³-hybridized carbons (Fsp3) is 0.800. The summed E-state index contributed by atoms with van der Waals surface area (Å²) < 4.78 is 51.4. The van der Waals surface area contributed by atoms with E-state index < -0.39 is 171 Å². The normalized spacial score (nSPS) is 48.9. The van der Waals surface area contributed by atoms with Crippen molar-refractivity contribution in [1.29, 1.82) is 0 Å². The summed E-state index contributed by atoms with van der Waals surface area (Å²) in [5.74, 6) is -4.47. The van der Waals surface area contributed by atoms with Gasteiger partial charge in [0.1, 0.15) is 91.6 Å². The number of allylic oxidation sites excluding steroid dienone is 2. The van der Waals surface area contributed by atoms with Crippen molar-refractivity contribution in [2.24, 2.45) is 17.3 Å². The second kappa shape index (κ2) is 15.2. The molecule has 9 rings (SSSR count). The number of epoxide rings is 3. The van der Waals surface area contributed by atoms with Gasteiger partial charge in [-0.05, 0) is 31.1 Å². The molecule has 19 atom stereocenters. The molecule has 9 aliphatic rings. The van der Waals surface area contributed by atoms with Gasteiger partial charge in [0.2, 0.25) is 0 Å². The van der Waals surface area contributed by atoms with Crippen molar-refractivity contribution >= 4 is 23.9 Å². The highest BCUT2D eigenvalue weighted by atomic mass is 16.7. The van der Waals surface area contributed by atoms with Crippen molar-refractivity contribution < 1.29 is 108 Å². The maximum absolute atomic E-state index is 13.6. The van der Waals surface area contributed by atoms with Gasteiger partial charge in [-0.15, -0.1) is 0 Å². The van der Waals surface area contributed by atoms with Crippen molar-refractivity contribution in [3.8, 4) is 0 Å². The third-order valence-electron chi connectivity index (χ3n) is 14.8. The van der Waals surface area contributed by atoms with Gasteiger partial charge in [-0.3, -0.25) is 14.4 Å². The lowest BCUT2D eigenvalue weighted by Gasteiger charge is -2.53. The lowest BCUT2D eigenvalue weighted by molar-refractivity contribution is -0.287. The monoisotopic (exact) mass is 884 g/mol. The highest BCUT2D eigenvalue weighted by Gasteiger charge is 3.00. The number of aliphatic hydroxyl groups excluding tert-OH is 9. The van der Waals surface area contributed by atoms with Crippen LogP contribution >= 0.6 is 0 Å². The van der Waals surface area contributed by atoms with E-state index in [-0.39, 0.29) is 30.0 Å². The molecule has 0 bridgehead atoms. The van der Waals surface area contributed by atoms with Gasteiger partial charge < -0.3 is 88.6 Å². The second-order valence-electron chi connectivity index (χ2n) is 18.3. The molecule has 5 saturated heterocycles. The second-order valence-corrected chi connectivity index (χ2v) is 18.3. The Morgan fingerprint density at radius 2 is 1.29 bits per heavy atom. The van der Waals surface area contributed by atoms with E-state index >= 15 is 0 Å². The van der Waals surface area contributed by atoms with Gasteiger partial charge in [-0.2, -0.15) is 0 Å². The summed E-state index contributed by atoms with van der Waals surface area (Å²) in [6, 6.07) is 0. The largest absolute Gasteiger partial charge is 0.463 e. The molecule has 7 fully saturated rings. The molecule has 0 aromatic rings. The maximum atomic E-state index is 13.6. The van der Waals surface area contributed by atoms with Crippen LogP contribution in [-0.4, -0.2) is 186 Å². The Labute approximate surface area is 352 Å². The molecule has 2 spiro atoms. The SMILES string of the molecule is CC(C)[C@]12O[C@H]1[C@@H]1O[C@]13[C@]1(O[C@H]1CC1C4=C(CC[C@@]13C)C(=O)O/C4=C(\CCC(=O)OC[C@H]1OC(O)[C@@H](O)[C@@H](O)[C@@H]1O)OC(=O)CCC(=O)OC[C@H]1OC(O)[C@@H](O)[C@@H](O)[C@@H]1O)[C@@H]2O. The van der Waals surface area contributed by atoms with E-state index in [1.165, 1.54) is 0 Å². The predicted octanol–water partition coefficient (Wildman–Crippen LogP) is -3.90. The summed E-state index contributed by atoms with van der Waals surface area (Å²) in [4.78, 5) is 52.8. The Balaban J connectivity index is 0.936. The molecule has 6 heterocycles. The van der Waals surface area contributed by atoms with Gasteiger partial charge in [0, 0.05) is 23.0 Å². The molecule has 9 N–H and O–H groups in total. The topological polar surface area (TPSA) is 343 Å². The van der Waals surface area contributed by atoms with Crippen LogP contribution in [-0.2, 0) is 61.8 Å². The van der Waals surface area contributed by atoms with Crippen LogP contribution in [0.5, 0.6) is 0 Å². The number of esters is 4. The van der Waals surface area contributed by atoms with E-state index in [0.29, 0.717) is 24.0 Å². The fourth-order valence-corrected chi connectivity index (χ4v) is 11.3. The molecule has 0 radical (unpaired) electrons. The third-order valence-corrected chi connectivity index (χ3v) is 14.8. The van der Waals surface area contributed by atoms with Gasteiger partial charge in [0.05, 0.1) is 25.4 Å². The minimum absolute atomic E-state index is 0.0283. The van der Waals surface area contributed by atoms with Crippen LogP contribution in [0.3, 0.4) is 0 Å². The molecule has 3 aliphatic carbocycles. The fourth-order valence-electron chi connectivity index (χ4n) is 11.3. The number of hydrogen-bond donors (Lipinski definition) is 9. The van der Waals surface area contributed by atoms with Crippen molar-refractivity contribution in [3.05, 3.63) is 22.7 Å². The smallest absolute Gasteiger partial charge is 0.339 e. The van der Waals surface area contributed by atoms with Crippen molar-refractivity contribution in [3.63, 3.8) is 0 Å². The number of rotatable bonds is 12. The van der Waals surface area contributed by atoms with Crippen LogP contribution in [0.25, 0.3) is 0 Å². The molecule has 3 unspecified atom stereocenters. The van der Waals surface area contributed by atoms with Crippen LogP contribution in [0, 0.1) is 17.3 Å². The van der Waals surface area contributed by atoms with Crippen LogP contribution in [0.2, 0.25) is 0 Å². The zero-order valence-electron chi connectivity index (χ0n) is 33.9. The minimum Gasteiger partial charge on any atom is -0.463 e. The molecular formula is C40H52O22. The van der Waals surface area contributed by atoms with E-state index in [0.717, 1.165) is 0 Å². The average Bonchev–Trinajstić information content (AvgIpc) is 4.17. The van der Waals surface area contributed by atoms with E-state index in [1.807, 2.05) is 20.8 Å². The molecule has 62 heavy (non-hydrogen) atoms. The Kier molecular flexibility index (Phi) is 10.8. The molecule has 22 heteroatoms. The van der Waals surface area contributed by atoms with Crippen molar-refractivity contribution in [1.82, 2.24) is 0 Å². The first-order valence-corrected chi connectivity index (χ1v) is 20.9. The van der Waals surface area contributed by atoms with E-state index in [2.05, 4.69) is 0 Å². The Bertz CT molecular complexity index is 1950. The van der Waals surface area contributed by atoms with E-state index in [4.69, 9.17) is 42.6 Å². The van der Waals surface area contributed by atoms with Crippen LogP contribution in [0.1, 0.15) is 65.7 Å². The summed E-state index contributed by atoms with van der Waals surface area (Å²) >= 11 is 0. The number of carbonyl (C=O) groups excluding carboxylic acids is 4. The highest BCUT2D eigenvalue weighted by molar-refractivity contribution is 5.95. The van der Waals surface area contributed by atoms with Crippen molar-refractivity contribution in [2.75, 3.05) is 13.2 Å². The number of hydrogen-bond acceptors (Lipinski definition) is 22. The standard InChI is InChI=1S/C40H52O22/c1-13(2)38-31(61-38)32-40(62-32)37(3)9-8-14-23(15(37)10-19-39(40,60-19)36(38)53)30(59-33(14)50)16(4-5-20(41)54-11-17-24(44)26(46)28(48)34(51)57-17)56-22(43)7-6-21(42)55-12-18-25(45)27(47)29(49)35(52)58-18/h13,15,17-19,24-29,31-32,34-36,44-49,51-53H,4-12H2,1-3H3/b30-16+/t15?,17-,18-,19+,24-,25-,26+,27+,28+,29+,31+,32+,34?,35?,36-,37+,38+,39-,40-/m1/s1. The zero-order chi connectivity index (χ0) is 44.6. The van der Waals surface area contributed by atoms with Crippen LogP contribution in [0.4, 0.5) is 0 Å². The summed E-state index contributed by atoms with van der Waals surface area (Å²) in [7, 11) is 0. The summed E-state index contributed by atoms with van der Waals surface area (Å²) in [5.41, 5.74) is -2.82. The zero-order valence-corrected chi connectivity index (χ0v) is 33.9. The molecule has 0 aromatic heterocycles. The minimum atomic E-state index is -1.87. The number of ether oxygens (including phenoxy) is 9. The third kappa shape index (κ3) is 6.28. The lowest BCUT2D eigenvalue weighted by Crippen LogP contribution is -2.69. The number of cyclic esters (lactones) is 1. The van der Waals surface area contributed by atoms with E-state index in [9.17, 15) is 65.1 Å².